The van der Waals surface area contributed by atoms with Gasteiger partial charge in [-0.05, 0) is 57.3 Å². The normalized spacial score (nSPS) is 23.1. The van der Waals surface area contributed by atoms with Crippen molar-refractivity contribution in [3.8, 4) is 0 Å². The molecule has 1 aliphatic rings. The molecule has 3 unspecified atom stereocenters. The molecule has 2 heteroatoms. The molecule has 0 heterocycles. The second-order valence-corrected chi connectivity index (χ2v) is 6.05. The number of nitrogens with zero attached hydrogens (tertiary/aromatic N) is 1. The Morgan fingerprint density at radius 3 is 2.61 bits per heavy atom. The van der Waals surface area contributed by atoms with E-state index in [2.05, 4.69) is 57.1 Å². The maximum Gasteiger partial charge on any atom is 0.0323 e. The van der Waals surface area contributed by atoms with Crippen molar-refractivity contribution in [3.05, 3.63) is 35.4 Å². The average Bonchev–Trinajstić information content (AvgIpc) is 2.34. The predicted octanol–water partition coefficient (Wildman–Crippen LogP) is 2.77. The van der Waals surface area contributed by atoms with Crippen LogP contribution in [0, 0.1) is 0 Å². The van der Waals surface area contributed by atoms with Crippen LogP contribution in [-0.2, 0) is 6.42 Å². The van der Waals surface area contributed by atoms with Crippen LogP contribution in [0.4, 0.5) is 0 Å². The number of rotatable bonds is 5. The molecule has 0 aliphatic heterocycles. The standard InChI is InChI=1S/C16H26N2/c1-5-16(2,18(3)4)15(17)11-13-10-12-8-6-7-9-14(12)13/h6-9,13,15H,5,10-11,17H2,1-4H3. The molecule has 0 spiro atoms. The summed E-state index contributed by atoms with van der Waals surface area (Å²) >= 11 is 0. The Kier molecular flexibility index (Phi) is 3.79. The van der Waals surface area contributed by atoms with Gasteiger partial charge in [-0.1, -0.05) is 31.2 Å². The number of hydrogen-bond acceptors (Lipinski definition) is 2. The van der Waals surface area contributed by atoms with Gasteiger partial charge in [-0.3, -0.25) is 0 Å². The van der Waals surface area contributed by atoms with Crippen molar-refractivity contribution in [1.29, 1.82) is 0 Å². The highest BCUT2D eigenvalue weighted by Gasteiger charge is 2.36. The minimum atomic E-state index is 0.102. The van der Waals surface area contributed by atoms with Gasteiger partial charge in [-0.25, -0.2) is 0 Å². The average molecular weight is 246 g/mol. The summed E-state index contributed by atoms with van der Waals surface area (Å²) in [6, 6.07) is 9.00. The minimum Gasteiger partial charge on any atom is -0.326 e. The fourth-order valence-electron chi connectivity index (χ4n) is 3.04. The Balaban J connectivity index is 2.04. The first-order valence-corrected chi connectivity index (χ1v) is 7.00. The van der Waals surface area contributed by atoms with Gasteiger partial charge < -0.3 is 10.6 Å². The fourth-order valence-corrected chi connectivity index (χ4v) is 3.04. The smallest absolute Gasteiger partial charge is 0.0323 e. The summed E-state index contributed by atoms with van der Waals surface area (Å²) in [6.07, 6.45) is 3.40. The molecule has 1 aromatic rings. The van der Waals surface area contributed by atoms with Crippen LogP contribution in [0.3, 0.4) is 0 Å². The largest absolute Gasteiger partial charge is 0.326 e. The molecule has 0 bridgehead atoms. The van der Waals surface area contributed by atoms with E-state index in [4.69, 9.17) is 5.73 Å². The molecule has 0 saturated heterocycles. The molecule has 100 valence electrons. The van der Waals surface area contributed by atoms with E-state index in [1.165, 1.54) is 17.5 Å². The Morgan fingerprint density at radius 2 is 2.06 bits per heavy atom. The second kappa shape index (κ2) is 5.02. The summed E-state index contributed by atoms with van der Waals surface area (Å²) in [7, 11) is 4.27. The van der Waals surface area contributed by atoms with Gasteiger partial charge in [-0.2, -0.15) is 0 Å². The van der Waals surface area contributed by atoms with Crippen LogP contribution in [-0.4, -0.2) is 30.6 Å². The molecule has 1 aromatic carbocycles. The Labute approximate surface area is 111 Å². The summed E-state index contributed by atoms with van der Waals surface area (Å²) in [5.74, 6) is 0.669. The highest BCUT2D eigenvalue weighted by atomic mass is 15.2. The molecule has 0 radical (unpaired) electrons. The number of likely N-dealkylation sites (N-methyl/N-ethyl adjacent to an activating group) is 1. The summed E-state index contributed by atoms with van der Waals surface area (Å²) < 4.78 is 0. The van der Waals surface area contributed by atoms with Crippen LogP contribution in [0.1, 0.15) is 43.7 Å². The molecule has 0 fully saturated rings. The van der Waals surface area contributed by atoms with E-state index in [0.29, 0.717) is 5.92 Å². The van der Waals surface area contributed by atoms with Crippen molar-refractivity contribution >= 4 is 0 Å². The topological polar surface area (TPSA) is 29.3 Å². The minimum absolute atomic E-state index is 0.102. The van der Waals surface area contributed by atoms with Crippen LogP contribution in [0.25, 0.3) is 0 Å². The van der Waals surface area contributed by atoms with Crippen LogP contribution < -0.4 is 5.73 Å². The van der Waals surface area contributed by atoms with Gasteiger partial charge in [0.15, 0.2) is 0 Å². The Morgan fingerprint density at radius 1 is 1.39 bits per heavy atom. The van der Waals surface area contributed by atoms with Gasteiger partial charge in [-0.15, -0.1) is 0 Å². The first-order valence-electron chi connectivity index (χ1n) is 7.00. The van der Waals surface area contributed by atoms with Gasteiger partial charge in [0, 0.05) is 11.6 Å². The lowest BCUT2D eigenvalue weighted by molar-refractivity contribution is 0.122. The van der Waals surface area contributed by atoms with Gasteiger partial charge >= 0.3 is 0 Å². The molecular weight excluding hydrogens is 220 g/mol. The lowest BCUT2D eigenvalue weighted by atomic mass is 9.71. The van der Waals surface area contributed by atoms with Crippen molar-refractivity contribution in [2.24, 2.45) is 5.73 Å². The van der Waals surface area contributed by atoms with Crippen LogP contribution >= 0.6 is 0 Å². The molecule has 1 aliphatic carbocycles. The van der Waals surface area contributed by atoms with Crippen molar-refractivity contribution < 1.29 is 0 Å². The quantitative estimate of drug-likeness (QED) is 0.865. The molecule has 18 heavy (non-hydrogen) atoms. The monoisotopic (exact) mass is 246 g/mol. The molecule has 3 atom stereocenters. The Hall–Kier alpha value is -0.860. The van der Waals surface area contributed by atoms with E-state index in [9.17, 15) is 0 Å². The third-order valence-electron chi connectivity index (χ3n) is 5.04. The Bertz CT molecular complexity index is 413. The SMILES string of the molecule is CCC(C)(C(N)CC1Cc2ccccc21)N(C)C. The van der Waals surface area contributed by atoms with E-state index in [0.717, 1.165) is 12.8 Å². The van der Waals surface area contributed by atoms with Crippen molar-refractivity contribution in [3.63, 3.8) is 0 Å². The fraction of sp³-hybridized carbons (Fsp3) is 0.625. The second-order valence-electron chi connectivity index (χ2n) is 6.05. The van der Waals surface area contributed by atoms with Crippen LogP contribution in [0.2, 0.25) is 0 Å². The molecule has 2 rings (SSSR count). The van der Waals surface area contributed by atoms with Crippen molar-refractivity contribution in [2.75, 3.05) is 14.1 Å². The van der Waals surface area contributed by atoms with Gasteiger partial charge in [0.05, 0.1) is 0 Å². The number of benzene rings is 1. The highest BCUT2D eigenvalue weighted by Crippen LogP contribution is 2.39. The van der Waals surface area contributed by atoms with Crippen LogP contribution in [0.15, 0.2) is 24.3 Å². The summed E-state index contributed by atoms with van der Waals surface area (Å²) in [5.41, 5.74) is 9.62. The van der Waals surface area contributed by atoms with E-state index in [-0.39, 0.29) is 11.6 Å². The zero-order chi connectivity index (χ0) is 13.3. The predicted molar refractivity (Wildman–Crippen MR) is 77.9 cm³/mol. The lowest BCUT2D eigenvalue weighted by Crippen LogP contribution is -2.55. The van der Waals surface area contributed by atoms with E-state index in [1.54, 1.807) is 0 Å². The maximum absolute atomic E-state index is 6.49. The van der Waals surface area contributed by atoms with Gasteiger partial charge in [0.25, 0.3) is 0 Å². The maximum atomic E-state index is 6.49. The zero-order valence-electron chi connectivity index (χ0n) is 12.1. The molecule has 0 aromatic heterocycles. The van der Waals surface area contributed by atoms with Crippen molar-refractivity contribution in [2.45, 2.75) is 50.6 Å². The molecular formula is C16H26N2. The van der Waals surface area contributed by atoms with Crippen molar-refractivity contribution in [1.82, 2.24) is 4.90 Å². The highest BCUT2D eigenvalue weighted by molar-refractivity contribution is 5.40. The van der Waals surface area contributed by atoms with E-state index >= 15 is 0 Å². The lowest BCUT2D eigenvalue weighted by Gasteiger charge is -2.43. The zero-order valence-corrected chi connectivity index (χ0v) is 12.1. The third-order valence-corrected chi connectivity index (χ3v) is 5.04. The van der Waals surface area contributed by atoms with Gasteiger partial charge in [0.1, 0.15) is 0 Å². The first kappa shape index (κ1) is 13.6. The summed E-state index contributed by atoms with van der Waals surface area (Å²) in [6.45, 7) is 4.51. The molecule has 2 N–H and O–H groups in total. The number of hydrogen-bond donors (Lipinski definition) is 1. The van der Waals surface area contributed by atoms with Gasteiger partial charge in [0.2, 0.25) is 0 Å². The van der Waals surface area contributed by atoms with E-state index in [1.807, 2.05) is 0 Å². The molecule has 0 amide bonds. The summed E-state index contributed by atoms with van der Waals surface area (Å²) in [5, 5.41) is 0. The van der Waals surface area contributed by atoms with Crippen LogP contribution in [0.5, 0.6) is 0 Å². The number of nitrogens with two attached hydrogens (primary N) is 1. The first-order chi connectivity index (χ1) is 8.49. The molecule has 2 nitrogen and oxygen atoms in total. The number of fused-ring (bicyclic) bond motifs is 1. The molecule has 0 saturated carbocycles. The summed E-state index contributed by atoms with van der Waals surface area (Å²) in [4.78, 5) is 2.28. The third kappa shape index (κ3) is 2.19. The van der Waals surface area contributed by atoms with E-state index < -0.39 is 0 Å².